The first-order chi connectivity index (χ1) is 11.9. The average Bonchev–Trinajstić information content (AvgIpc) is 2.56. The van der Waals surface area contributed by atoms with Crippen molar-refractivity contribution in [3.05, 3.63) is 52.6 Å². The predicted molar refractivity (Wildman–Crippen MR) is 98.1 cm³/mol. The Morgan fingerprint density at radius 2 is 2.00 bits per heavy atom. The molecule has 0 radical (unpaired) electrons. The van der Waals surface area contributed by atoms with Crippen LogP contribution in [0, 0.1) is 12.3 Å². The molecule has 0 aliphatic carbocycles. The number of terminal acetylenes is 1. The Morgan fingerprint density at radius 1 is 1.28 bits per heavy atom. The average molecular weight is 398 g/mol. The van der Waals surface area contributed by atoms with Crippen molar-refractivity contribution in [1.82, 2.24) is 4.98 Å². The van der Waals surface area contributed by atoms with Crippen LogP contribution in [-0.2, 0) is 9.53 Å². The molecule has 25 heavy (non-hydrogen) atoms. The maximum atomic E-state index is 11.9. The molecule has 0 N–H and O–H groups in total. The van der Waals surface area contributed by atoms with Crippen molar-refractivity contribution in [2.45, 2.75) is 11.5 Å². The van der Waals surface area contributed by atoms with E-state index in [1.54, 1.807) is 24.3 Å². The van der Waals surface area contributed by atoms with Crippen LogP contribution in [-0.4, -0.2) is 22.7 Å². The first-order valence-electron chi connectivity index (χ1n) is 6.97. The first-order valence-corrected chi connectivity index (χ1v) is 8.18. The van der Waals surface area contributed by atoms with E-state index < -0.39 is 11.1 Å². The van der Waals surface area contributed by atoms with Gasteiger partial charge in [-0.15, -0.1) is 6.42 Å². The number of benzene rings is 1. The molecule has 1 unspecified atom stereocenters. The minimum atomic E-state index is -1.72. The lowest BCUT2D eigenvalue weighted by molar-refractivity contribution is -0.150. The molecule has 0 aliphatic rings. The van der Waals surface area contributed by atoms with Gasteiger partial charge in [-0.25, -0.2) is 4.98 Å². The van der Waals surface area contributed by atoms with E-state index in [4.69, 9.17) is 43.8 Å². The molecule has 0 amide bonds. The minimum Gasteiger partial charge on any atom is -0.452 e. The van der Waals surface area contributed by atoms with Crippen LogP contribution in [0.5, 0.6) is 11.6 Å². The molecule has 0 spiro atoms. The van der Waals surface area contributed by atoms with Gasteiger partial charge in [-0.05, 0) is 18.2 Å². The quantitative estimate of drug-likeness (QED) is 0.331. The largest absolute Gasteiger partial charge is 0.452 e. The Labute approximate surface area is 160 Å². The van der Waals surface area contributed by atoms with Crippen molar-refractivity contribution < 1.29 is 19.0 Å². The Morgan fingerprint density at radius 3 is 2.64 bits per heavy atom. The highest BCUT2D eigenvalue weighted by Gasteiger charge is 2.36. The second-order valence-corrected chi connectivity index (χ2v) is 6.24. The minimum absolute atomic E-state index is 0.00162. The van der Waals surface area contributed by atoms with Crippen molar-refractivity contribution >= 4 is 41.8 Å². The number of carbonyl (C=O) groups is 1. The van der Waals surface area contributed by atoms with Gasteiger partial charge < -0.3 is 14.2 Å². The smallest absolute Gasteiger partial charge is 0.315 e. The SMILES string of the molecule is C#CCOC(=O)CC(S)(Oc1ccccc1)Oc1ncc(Cl)cc1Cl. The van der Waals surface area contributed by atoms with E-state index in [0.29, 0.717) is 10.8 Å². The van der Waals surface area contributed by atoms with Gasteiger partial charge in [-0.1, -0.05) is 60.0 Å². The van der Waals surface area contributed by atoms with Crippen LogP contribution in [0.4, 0.5) is 0 Å². The maximum absolute atomic E-state index is 11.9. The summed E-state index contributed by atoms with van der Waals surface area (Å²) in [4.78, 5) is 15.9. The normalized spacial score (nSPS) is 12.6. The van der Waals surface area contributed by atoms with Crippen LogP contribution in [0.3, 0.4) is 0 Å². The third-order valence-corrected chi connectivity index (χ3v) is 3.55. The molecule has 0 saturated heterocycles. The number of pyridine rings is 1. The van der Waals surface area contributed by atoms with Gasteiger partial charge in [0.2, 0.25) is 5.88 Å². The van der Waals surface area contributed by atoms with E-state index in [1.165, 1.54) is 12.3 Å². The van der Waals surface area contributed by atoms with Gasteiger partial charge in [0, 0.05) is 6.20 Å². The Hall–Kier alpha value is -2.07. The van der Waals surface area contributed by atoms with Crippen molar-refractivity contribution in [2.24, 2.45) is 0 Å². The van der Waals surface area contributed by atoms with E-state index in [-0.39, 0.29) is 23.9 Å². The molecule has 1 aromatic heterocycles. The highest BCUT2D eigenvalue weighted by atomic mass is 35.5. The second-order valence-electron chi connectivity index (χ2n) is 4.71. The molecule has 1 aromatic carbocycles. The standard InChI is InChI=1S/C17H13Cl2NO4S/c1-2-8-22-15(21)10-17(25,23-13-6-4-3-5-7-13)24-16-14(19)9-12(18)11-20-16/h1,3-7,9,11,25H,8,10H2. The van der Waals surface area contributed by atoms with Gasteiger partial charge >= 0.3 is 11.1 Å². The number of para-hydroxylation sites is 1. The number of hydrogen-bond donors (Lipinski definition) is 1. The summed E-state index contributed by atoms with van der Waals surface area (Å²) in [6.07, 6.45) is 6.05. The molecule has 5 nitrogen and oxygen atoms in total. The number of rotatable bonds is 7. The van der Waals surface area contributed by atoms with Gasteiger partial charge in [0.1, 0.15) is 17.2 Å². The van der Waals surface area contributed by atoms with Crippen molar-refractivity contribution in [3.63, 3.8) is 0 Å². The number of aromatic nitrogens is 1. The third-order valence-electron chi connectivity index (χ3n) is 2.73. The van der Waals surface area contributed by atoms with Gasteiger partial charge in [0.05, 0.1) is 5.02 Å². The number of ether oxygens (including phenoxy) is 3. The molecule has 0 fully saturated rings. The zero-order valence-electron chi connectivity index (χ0n) is 12.8. The summed E-state index contributed by atoms with van der Waals surface area (Å²) in [6.45, 7) is -0.173. The lowest BCUT2D eigenvalue weighted by atomic mass is 10.3. The molecule has 0 saturated carbocycles. The number of esters is 1. The molecule has 130 valence electrons. The van der Waals surface area contributed by atoms with E-state index in [2.05, 4.69) is 23.5 Å². The summed E-state index contributed by atoms with van der Waals surface area (Å²) in [5.41, 5.74) is 0. The van der Waals surface area contributed by atoms with Crippen LogP contribution >= 0.6 is 35.8 Å². The maximum Gasteiger partial charge on any atom is 0.315 e. The van der Waals surface area contributed by atoms with Gasteiger partial charge in [0.15, 0.2) is 6.61 Å². The van der Waals surface area contributed by atoms with Gasteiger partial charge in [-0.3, -0.25) is 4.79 Å². The number of carbonyl (C=O) groups excluding carboxylic acids is 1. The molecule has 2 rings (SSSR count). The Balaban J connectivity index is 2.24. The van der Waals surface area contributed by atoms with Crippen molar-refractivity contribution in [1.29, 1.82) is 0 Å². The summed E-state index contributed by atoms with van der Waals surface area (Å²) in [7, 11) is 0. The fourth-order valence-electron chi connectivity index (χ4n) is 1.75. The third kappa shape index (κ3) is 6.05. The van der Waals surface area contributed by atoms with E-state index >= 15 is 0 Å². The van der Waals surface area contributed by atoms with Crippen LogP contribution in [0.25, 0.3) is 0 Å². The van der Waals surface area contributed by atoms with Crippen molar-refractivity contribution in [3.8, 4) is 24.0 Å². The number of thiol groups is 1. The van der Waals surface area contributed by atoms with Crippen molar-refractivity contribution in [2.75, 3.05) is 6.61 Å². The zero-order chi connectivity index (χ0) is 18.3. The Kier molecular flexibility index (Phi) is 6.82. The molecule has 1 atom stereocenters. The predicted octanol–water partition coefficient (Wildman–Crippen LogP) is 4.00. The summed E-state index contributed by atoms with van der Waals surface area (Å²) < 4.78 is 16.2. The Bertz CT molecular complexity index is 782. The monoisotopic (exact) mass is 397 g/mol. The number of halogens is 2. The first kappa shape index (κ1) is 19.3. The van der Waals surface area contributed by atoms with E-state index in [0.717, 1.165) is 0 Å². The molecule has 0 bridgehead atoms. The van der Waals surface area contributed by atoms with E-state index in [1.807, 2.05) is 6.07 Å². The zero-order valence-corrected chi connectivity index (χ0v) is 15.2. The number of nitrogens with zero attached hydrogens (tertiary/aromatic N) is 1. The molecular weight excluding hydrogens is 385 g/mol. The lowest BCUT2D eigenvalue weighted by Gasteiger charge is -2.29. The summed E-state index contributed by atoms with van der Waals surface area (Å²) >= 11 is 16.2. The summed E-state index contributed by atoms with van der Waals surface area (Å²) in [5.74, 6) is 1.97. The van der Waals surface area contributed by atoms with E-state index in [9.17, 15) is 4.79 Å². The van der Waals surface area contributed by atoms with Crippen LogP contribution < -0.4 is 9.47 Å². The summed E-state index contributed by atoms with van der Waals surface area (Å²) in [6, 6.07) is 10.1. The van der Waals surface area contributed by atoms with Crippen LogP contribution in [0.2, 0.25) is 10.0 Å². The fourth-order valence-corrected chi connectivity index (χ4v) is 2.49. The molecule has 8 heteroatoms. The molecule has 0 aliphatic heterocycles. The topological polar surface area (TPSA) is 57.7 Å². The van der Waals surface area contributed by atoms with Crippen LogP contribution in [0.1, 0.15) is 6.42 Å². The fraction of sp³-hybridized carbons (Fsp3) is 0.176. The van der Waals surface area contributed by atoms with Gasteiger partial charge in [-0.2, -0.15) is 0 Å². The summed E-state index contributed by atoms with van der Waals surface area (Å²) in [5, 5.41) is -1.25. The molecule has 1 heterocycles. The van der Waals surface area contributed by atoms with Crippen LogP contribution in [0.15, 0.2) is 42.6 Å². The molecular formula is C17H13Cl2NO4S. The highest BCUT2D eigenvalue weighted by molar-refractivity contribution is 7.81. The molecule has 2 aromatic rings. The highest BCUT2D eigenvalue weighted by Crippen LogP contribution is 2.33. The number of hydrogen-bond acceptors (Lipinski definition) is 6. The van der Waals surface area contributed by atoms with Gasteiger partial charge in [0.25, 0.3) is 0 Å². The lowest BCUT2D eigenvalue weighted by Crippen LogP contribution is -2.39. The second kappa shape index (κ2) is 8.86.